The van der Waals surface area contributed by atoms with Gasteiger partial charge in [-0.05, 0) is 12.2 Å². The minimum absolute atomic E-state index is 0.122. The van der Waals surface area contributed by atoms with Crippen molar-refractivity contribution < 1.29 is 25.2 Å². The van der Waals surface area contributed by atoms with E-state index in [1.807, 2.05) is 0 Å². The molecule has 0 bridgehead atoms. The quantitative estimate of drug-likeness (QED) is 0.144. The third kappa shape index (κ3) is 6.98. The Morgan fingerprint density at radius 1 is 1.42 bits per heavy atom. The van der Waals surface area contributed by atoms with Crippen molar-refractivity contribution in [3.8, 4) is 0 Å². The summed E-state index contributed by atoms with van der Waals surface area (Å²) in [6, 6.07) is -1.10. The third-order valence-corrected chi connectivity index (χ3v) is 2.17. The minimum atomic E-state index is -1.67. The number of carbonyl (C=O) groups excluding carboxylic acids is 1. The molecule has 9 nitrogen and oxygen atoms in total. The fourth-order valence-electron chi connectivity index (χ4n) is 1.17. The lowest BCUT2D eigenvalue weighted by Crippen LogP contribution is -2.53. The Morgan fingerprint density at radius 2 is 2.00 bits per heavy atom. The van der Waals surface area contributed by atoms with Crippen LogP contribution in [-0.2, 0) is 4.79 Å². The summed E-state index contributed by atoms with van der Waals surface area (Å²) in [5.41, 5.74) is 7.33. The summed E-state index contributed by atoms with van der Waals surface area (Å²) in [7, 11) is 0. The SMILES string of the molecule is CC(=O)N[C@@H](C=NNC(N)=S)[C@@H](O)[C@H](O)[C@H](O)CO. The minimum Gasteiger partial charge on any atom is -0.394 e. The highest BCUT2D eigenvalue weighted by Gasteiger charge is 2.30. The van der Waals surface area contributed by atoms with Crippen LogP contribution < -0.4 is 16.5 Å². The first-order valence-corrected chi connectivity index (χ1v) is 5.71. The maximum atomic E-state index is 11.0. The molecule has 0 aromatic carbocycles. The van der Waals surface area contributed by atoms with Crippen LogP contribution >= 0.6 is 12.2 Å². The molecule has 8 N–H and O–H groups in total. The largest absolute Gasteiger partial charge is 0.394 e. The van der Waals surface area contributed by atoms with E-state index in [0.717, 1.165) is 6.21 Å². The lowest BCUT2D eigenvalue weighted by molar-refractivity contribution is -0.121. The molecule has 0 spiro atoms. The number of thiocarbonyl (C=S) groups is 1. The van der Waals surface area contributed by atoms with Crippen molar-refractivity contribution in [2.45, 2.75) is 31.3 Å². The summed E-state index contributed by atoms with van der Waals surface area (Å²) in [4.78, 5) is 11.0. The first-order valence-electron chi connectivity index (χ1n) is 5.30. The van der Waals surface area contributed by atoms with Gasteiger partial charge in [0.05, 0.1) is 12.6 Å². The maximum absolute atomic E-state index is 11.0. The fraction of sp³-hybridized carbons (Fsp3) is 0.667. The molecule has 19 heavy (non-hydrogen) atoms. The van der Waals surface area contributed by atoms with Crippen molar-refractivity contribution in [2.75, 3.05) is 6.61 Å². The van der Waals surface area contributed by atoms with Gasteiger partial charge in [0.25, 0.3) is 0 Å². The number of hydrazone groups is 1. The number of amides is 1. The molecule has 0 saturated carbocycles. The molecule has 0 aromatic heterocycles. The summed E-state index contributed by atoms with van der Waals surface area (Å²) in [6.07, 6.45) is -3.75. The molecule has 0 radical (unpaired) electrons. The van der Waals surface area contributed by atoms with E-state index in [-0.39, 0.29) is 5.11 Å². The Balaban J connectivity index is 4.77. The van der Waals surface area contributed by atoms with Crippen molar-refractivity contribution >= 4 is 29.5 Å². The van der Waals surface area contributed by atoms with Crippen molar-refractivity contribution in [3.05, 3.63) is 0 Å². The number of nitrogens with zero attached hydrogens (tertiary/aromatic N) is 1. The Morgan fingerprint density at radius 3 is 2.42 bits per heavy atom. The summed E-state index contributed by atoms with van der Waals surface area (Å²) >= 11 is 4.49. The van der Waals surface area contributed by atoms with Gasteiger partial charge in [0, 0.05) is 13.1 Å². The van der Waals surface area contributed by atoms with Crippen molar-refractivity contribution in [1.82, 2.24) is 10.7 Å². The van der Waals surface area contributed by atoms with Gasteiger partial charge in [-0.15, -0.1) is 0 Å². The van der Waals surface area contributed by atoms with E-state index in [4.69, 9.17) is 10.8 Å². The second-order valence-electron chi connectivity index (χ2n) is 3.71. The topological polar surface area (TPSA) is 160 Å². The van der Waals surface area contributed by atoms with Gasteiger partial charge in [-0.3, -0.25) is 10.2 Å². The molecule has 0 aliphatic heterocycles. The van der Waals surface area contributed by atoms with Gasteiger partial charge in [0.1, 0.15) is 18.3 Å². The molecule has 0 aromatic rings. The monoisotopic (exact) mass is 294 g/mol. The normalized spacial score (nSPS) is 17.5. The van der Waals surface area contributed by atoms with E-state index < -0.39 is 36.9 Å². The standard InChI is InChI=1S/C9H18N4O5S/c1-4(15)12-5(2-11-13-9(10)19)7(17)8(18)6(16)3-14/h2,5-8,14,16-18H,3H2,1H3,(H,12,15)(H3,10,13,19)/t5-,6+,7+,8+/m0/s1. The summed E-state index contributed by atoms with van der Waals surface area (Å²) in [5.74, 6) is -0.489. The number of hydrogen-bond acceptors (Lipinski definition) is 7. The highest BCUT2D eigenvalue weighted by molar-refractivity contribution is 7.80. The summed E-state index contributed by atoms with van der Waals surface area (Å²) in [5, 5.41) is 42.9. The van der Waals surface area contributed by atoms with Crippen molar-refractivity contribution in [3.63, 3.8) is 0 Å². The molecule has 110 valence electrons. The third-order valence-electron chi connectivity index (χ3n) is 2.08. The van der Waals surface area contributed by atoms with E-state index in [9.17, 15) is 20.1 Å². The van der Waals surface area contributed by atoms with Gasteiger partial charge in [0.2, 0.25) is 5.91 Å². The van der Waals surface area contributed by atoms with Crippen LogP contribution in [0.4, 0.5) is 0 Å². The maximum Gasteiger partial charge on any atom is 0.217 e. The predicted molar refractivity (Wildman–Crippen MR) is 71.1 cm³/mol. The molecule has 0 saturated heterocycles. The lowest BCUT2D eigenvalue weighted by atomic mass is 10.0. The molecule has 1 amide bonds. The Hall–Kier alpha value is -1.33. The molecule has 0 heterocycles. The molecular formula is C9H18N4O5S. The van der Waals surface area contributed by atoms with Crippen LogP contribution in [0.25, 0.3) is 0 Å². The number of nitrogens with two attached hydrogens (primary N) is 1. The van der Waals surface area contributed by atoms with Crippen LogP contribution in [0.2, 0.25) is 0 Å². The van der Waals surface area contributed by atoms with Crippen LogP contribution in [0, 0.1) is 0 Å². The van der Waals surface area contributed by atoms with Crippen LogP contribution in [0.5, 0.6) is 0 Å². The second kappa shape index (κ2) is 8.72. The first kappa shape index (κ1) is 17.7. The van der Waals surface area contributed by atoms with E-state index >= 15 is 0 Å². The van der Waals surface area contributed by atoms with Gasteiger partial charge in [-0.1, -0.05) is 0 Å². The van der Waals surface area contributed by atoms with Gasteiger partial charge < -0.3 is 31.5 Å². The first-order chi connectivity index (χ1) is 8.79. The highest BCUT2D eigenvalue weighted by Crippen LogP contribution is 2.04. The smallest absolute Gasteiger partial charge is 0.217 e. The molecule has 0 aliphatic rings. The number of rotatable bonds is 7. The van der Waals surface area contributed by atoms with Crippen molar-refractivity contribution in [1.29, 1.82) is 0 Å². The molecule has 10 heteroatoms. The van der Waals surface area contributed by atoms with E-state index in [1.54, 1.807) is 0 Å². The van der Waals surface area contributed by atoms with Gasteiger partial charge >= 0.3 is 0 Å². The number of hydrogen-bond donors (Lipinski definition) is 7. The highest BCUT2D eigenvalue weighted by atomic mass is 32.1. The Kier molecular flexibility index (Phi) is 8.11. The molecule has 0 unspecified atom stereocenters. The number of carbonyl (C=O) groups is 1. The van der Waals surface area contributed by atoms with Gasteiger partial charge in [-0.2, -0.15) is 5.10 Å². The second-order valence-corrected chi connectivity index (χ2v) is 4.15. The summed E-state index contributed by atoms with van der Waals surface area (Å²) in [6.45, 7) is 0.455. The van der Waals surface area contributed by atoms with E-state index in [0.29, 0.717) is 0 Å². The zero-order valence-corrected chi connectivity index (χ0v) is 11.0. The van der Waals surface area contributed by atoms with Gasteiger partial charge in [-0.25, -0.2) is 0 Å². The molecule has 0 rings (SSSR count). The Bertz CT molecular complexity index is 341. The van der Waals surface area contributed by atoms with Crippen LogP contribution in [0.3, 0.4) is 0 Å². The molecule has 4 atom stereocenters. The van der Waals surface area contributed by atoms with E-state index in [2.05, 4.69) is 28.1 Å². The Labute approximate surface area is 115 Å². The zero-order valence-electron chi connectivity index (χ0n) is 10.2. The van der Waals surface area contributed by atoms with Crippen LogP contribution in [0.1, 0.15) is 6.92 Å². The van der Waals surface area contributed by atoms with Crippen LogP contribution in [0.15, 0.2) is 5.10 Å². The fourth-order valence-corrected chi connectivity index (χ4v) is 1.23. The van der Waals surface area contributed by atoms with Crippen LogP contribution in [-0.4, -0.2) is 68.6 Å². The summed E-state index contributed by atoms with van der Waals surface area (Å²) < 4.78 is 0. The zero-order chi connectivity index (χ0) is 15.0. The number of aliphatic hydroxyl groups excluding tert-OH is 4. The predicted octanol–water partition coefficient (Wildman–Crippen LogP) is -3.61. The number of aliphatic hydroxyl groups is 4. The van der Waals surface area contributed by atoms with E-state index in [1.165, 1.54) is 6.92 Å². The van der Waals surface area contributed by atoms with Crippen molar-refractivity contribution in [2.24, 2.45) is 10.8 Å². The lowest BCUT2D eigenvalue weighted by Gasteiger charge is -2.26. The average molecular weight is 294 g/mol. The number of nitrogens with one attached hydrogen (secondary N) is 2. The molecular weight excluding hydrogens is 276 g/mol. The molecule has 0 aliphatic carbocycles. The molecule has 0 fully saturated rings. The van der Waals surface area contributed by atoms with Gasteiger partial charge in [0.15, 0.2) is 5.11 Å². The average Bonchev–Trinajstić information content (AvgIpc) is 2.33.